The molecule has 2 rings (SSSR count). The van der Waals surface area contributed by atoms with Crippen molar-refractivity contribution in [1.82, 2.24) is 5.32 Å². The van der Waals surface area contributed by atoms with Crippen LogP contribution in [0.5, 0.6) is 0 Å². The molecule has 0 bridgehead atoms. The molecule has 2 aliphatic carbocycles. The fourth-order valence-corrected chi connectivity index (χ4v) is 3.57. The van der Waals surface area contributed by atoms with Gasteiger partial charge in [-0.3, -0.25) is 4.79 Å². The Kier molecular flexibility index (Phi) is 4.94. The number of amides is 1. The molecule has 0 heterocycles. The Labute approximate surface area is 116 Å². The Balaban J connectivity index is 1.99. The zero-order chi connectivity index (χ0) is 14.8. The average Bonchev–Trinajstić information content (AvgIpc) is 2.85. The van der Waals surface area contributed by atoms with Gasteiger partial charge in [0.2, 0.25) is 5.91 Å². The molecule has 20 heavy (non-hydrogen) atoms. The summed E-state index contributed by atoms with van der Waals surface area (Å²) >= 11 is 0. The molecule has 0 aromatic carbocycles. The van der Waals surface area contributed by atoms with Gasteiger partial charge in [0, 0.05) is 24.5 Å². The molecule has 0 aromatic rings. The van der Waals surface area contributed by atoms with Crippen LogP contribution in [0.25, 0.3) is 0 Å². The molecule has 6 heteroatoms. The minimum atomic E-state index is -4.30. The van der Waals surface area contributed by atoms with Crippen LogP contribution in [-0.2, 0) is 4.79 Å². The summed E-state index contributed by atoms with van der Waals surface area (Å²) in [5, 5.41) is 12.0. The van der Waals surface area contributed by atoms with E-state index in [0.717, 1.165) is 19.3 Å². The van der Waals surface area contributed by atoms with Crippen LogP contribution >= 0.6 is 0 Å². The third kappa shape index (κ3) is 3.45. The lowest BCUT2D eigenvalue weighted by Crippen LogP contribution is -2.47. The number of rotatable bonds is 3. The van der Waals surface area contributed by atoms with E-state index in [9.17, 15) is 23.1 Å². The normalized spacial score (nSPS) is 35.0. The molecule has 1 amide bonds. The molecule has 4 unspecified atom stereocenters. The van der Waals surface area contributed by atoms with Crippen LogP contribution in [-0.4, -0.2) is 29.8 Å². The van der Waals surface area contributed by atoms with Crippen molar-refractivity contribution in [1.29, 1.82) is 0 Å². The Morgan fingerprint density at radius 2 is 1.80 bits per heavy atom. The molecule has 4 atom stereocenters. The van der Waals surface area contributed by atoms with Gasteiger partial charge in [0.15, 0.2) is 0 Å². The molecule has 0 radical (unpaired) electrons. The molecule has 0 spiro atoms. The number of alkyl halides is 3. The van der Waals surface area contributed by atoms with Crippen LogP contribution in [0.1, 0.15) is 44.9 Å². The van der Waals surface area contributed by atoms with E-state index in [-0.39, 0.29) is 25.0 Å². The van der Waals surface area contributed by atoms with Gasteiger partial charge in [-0.2, -0.15) is 13.2 Å². The molecular weight excluding hydrogens is 271 g/mol. The first kappa shape index (κ1) is 15.6. The highest BCUT2D eigenvalue weighted by Crippen LogP contribution is 2.41. The first-order valence-corrected chi connectivity index (χ1v) is 7.41. The number of carbonyl (C=O) groups excluding carboxylic acids is 1. The summed E-state index contributed by atoms with van der Waals surface area (Å²) in [6.45, 7) is -0.0156. The van der Waals surface area contributed by atoms with E-state index in [4.69, 9.17) is 0 Å². The zero-order valence-electron chi connectivity index (χ0n) is 11.5. The van der Waals surface area contributed by atoms with Gasteiger partial charge < -0.3 is 10.4 Å². The predicted molar refractivity (Wildman–Crippen MR) is 67.9 cm³/mol. The SMILES string of the molecule is O=C(NC1CCCC1CO)C1CCCCC1C(F)(F)F. The van der Waals surface area contributed by atoms with Crippen molar-refractivity contribution in [3.05, 3.63) is 0 Å². The maximum Gasteiger partial charge on any atom is 0.392 e. The predicted octanol–water partition coefficient (Wildman–Crippen LogP) is 2.63. The molecule has 2 saturated carbocycles. The minimum absolute atomic E-state index is 0.00752. The van der Waals surface area contributed by atoms with Crippen LogP contribution in [0.4, 0.5) is 13.2 Å². The Morgan fingerprint density at radius 3 is 2.45 bits per heavy atom. The highest BCUT2D eigenvalue weighted by Gasteiger charge is 2.48. The van der Waals surface area contributed by atoms with Gasteiger partial charge in [-0.25, -0.2) is 0 Å². The van der Waals surface area contributed by atoms with Gasteiger partial charge >= 0.3 is 6.18 Å². The van der Waals surface area contributed by atoms with Gasteiger partial charge in [-0.05, 0) is 25.7 Å². The second-order valence-corrected chi connectivity index (χ2v) is 6.03. The fourth-order valence-electron chi connectivity index (χ4n) is 3.57. The molecular formula is C14H22F3NO2. The molecule has 0 saturated heterocycles. The summed E-state index contributed by atoms with van der Waals surface area (Å²) in [5.41, 5.74) is 0. The van der Waals surface area contributed by atoms with Crippen molar-refractivity contribution in [2.24, 2.45) is 17.8 Å². The number of halogens is 3. The number of aliphatic hydroxyl groups is 1. The highest BCUT2D eigenvalue weighted by atomic mass is 19.4. The third-order valence-electron chi connectivity index (χ3n) is 4.74. The van der Waals surface area contributed by atoms with Crippen molar-refractivity contribution in [3.63, 3.8) is 0 Å². The van der Waals surface area contributed by atoms with Crippen molar-refractivity contribution >= 4 is 5.91 Å². The standard InChI is InChI=1S/C14H22F3NO2/c15-14(16,17)11-6-2-1-5-10(11)13(20)18-12-7-3-4-9(12)8-19/h9-12,19H,1-8H2,(H,18,20). The van der Waals surface area contributed by atoms with Gasteiger partial charge in [0.05, 0.1) is 5.92 Å². The third-order valence-corrected chi connectivity index (χ3v) is 4.74. The van der Waals surface area contributed by atoms with Crippen LogP contribution < -0.4 is 5.32 Å². The maximum atomic E-state index is 13.0. The van der Waals surface area contributed by atoms with E-state index >= 15 is 0 Å². The van der Waals surface area contributed by atoms with Crippen molar-refractivity contribution in [2.75, 3.05) is 6.61 Å². The van der Waals surface area contributed by atoms with E-state index in [1.54, 1.807) is 0 Å². The molecule has 3 nitrogen and oxygen atoms in total. The van der Waals surface area contributed by atoms with Crippen molar-refractivity contribution in [3.8, 4) is 0 Å². The fraction of sp³-hybridized carbons (Fsp3) is 0.929. The summed E-state index contributed by atoms with van der Waals surface area (Å²) in [7, 11) is 0. The summed E-state index contributed by atoms with van der Waals surface area (Å²) in [5.74, 6) is -2.95. The lowest BCUT2D eigenvalue weighted by molar-refractivity contribution is -0.198. The first-order valence-electron chi connectivity index (χ1n) is 7.41. The minimum Gasteiger partial charge on any atom is -0.396 e. The molecule has 2 N–H and O–H groups in total. The maximum absolute atomic E-state index is 13.0. The number of nitrogens with one attached hydrogen (secondary N) is 1. The summed E-state index contributed by atoms with van der Waals surface area (Å²) in [4.78, 5) is 12.2. The molecule has 0 aromatic heterocycles. The van der Waals surface area contributed by atoms with Crippen molar-refractivity contribution < 1.29 is 23.1 Å². The molecule has 2 aliphatic rings. The van der Waals surface area contributed by atoms with Crippen molar-refractivity contribution in [2.45, 2.75) is 57.2 Å². The lowest BCUT2D eigenvalue weighted by Gasteiger charge is -2.33. The molecule has 0 aliphatic heterocycles. The monoisotopic (exact) mass is 293 g/mol. The number of hydrogen-bond acceptors (Lipinski definition) is 2. The van der Waals surface area contributed by atoms with E-state index in [1.165, 1.54) is 0 Å². The topological polar surface area (TPSA) is 49.3 Å². The van der Waals surface area contributed by atoms with Gasteiger partial charge in [-0.15, -0.1) is 0 Å². The van der Waals surface area contributed by atoms with E-state index in [0.29, 0.717) is 19.3 Å². The number of carbonyl (C=O) groups is 1. The second-order valence-electron chi connectivity index (χ2n) is 6.03. The number of aliphatic hydroxyl groups excluding tert-OH is 1. The Hall–Kier alpha value is -0.780. The largest absolute Gasteiger partial charge is 0.396 e. The Bertz CT molecular complexity index is 346. The molecule has 116 valence electrons. The second kappa shape index (κ2) is 6.33. The van der Waals surface area contributed by atoms with E-state index in [1.807, 2.05) is 0 Å². The van der Waals surface area contributed by atoms with Gasteiger partial charge in [0.25, 0.3) is 0 Å². The smallest absolute Gasteiger partial charge is 0.392 e. The summed E-state index contributed by atoms with van der Waals surface area (Å²) < 4.78 is 39.0. The molecule has 2 fully saturated rings. The average molecular weight is 293 g/mol. The zero-order valence-corrected chi connectivity index (χ0v) is 11.5. The summed E-state index contributed by atoms with van der Waals surface area (Å²) in [6, 6.07) is -0.164. The van der Waals surface area contributed by atoms with E-state index in [2.05, 4.69) is 5.32 Å². The van der Waals surface area contributed by atoms with Crippen LogP contribution in [0.2, 0.25) is 0 Å². The van der Waals surface area contributed by atoms with E-state index < -0.39 is 23.9 Å². The highest BCUT2D eigenvalue weighted by molar-refractivity contribution is 5.79. The summed E-state index contributed by atoms with van der Waals surface area (Å²) in [6.07, 6.45) is -0.231. The Morgan fingerprint density at radius 1 is 1.10 bits per heavy atom. The quantitative estimate of drug-likeness (QED) is 0.840. The van der Waals surface area contributed by atoms with Gasteiger partial charge in [-0.1, -0.05) is 19.3 Å². The van der Waals surface area contributed by atoms with Crippen LogP contribution in [0.3, 0.4) is 0 Å². The number of hydrogen-bond donors (Lipinski definition) is 2. The van der Waals surface area contributed by atoms with Crippen LogP contribution in [0.15, 0.2) is 0 Å². The lowest BCUT2D eigenvalue weighted by atomic mass is 9.78. The first-order chi connectivity index (χ1) is 9.43. The van der Waals surface area contributed by atoms with Crippen LogP contribution in [0, 0.1) is 17.8 Å². The van der Waals surface area contributed by atoms with Gasteiger partial charge in [0.1, 0.15) is 0 Å².